The van der Waals surface area contributed by atoms with Crippen LogP contribution in [-0.4, -0.2) is 4.57 Å². The van der Waals surface area contributed by atoms with Gasteiger partial charge in [-0.1, -0.05) is 170 Å². The number of rotatable bonds is 5. The molecule has 2 heterocycles. The molecule has 298 valence electrons. The molecule has 2 aromatic heterocycles. The third-order valence-corrected chi connectivity index (χ3v) is 14.0. The van der Waals surface area contributed by atoms with Crippen molar-refractivity contribution in [3.8, 4) is 39.1 Å². The van der Waals surface area contributed by atoms with Crippen LogP contribution in [0.2, 0.25) is 0 Å². The van der Waals surface area contributed by atoms with Crippen molar-refractivity contribution in [2.45, 2.75) is 5.41 Å². The normalized spacial score (nSPS) is 13.1. The number of nitrogens with zero attached hydrogens (tertiary/aromatic N) is 2. The summed E-state index contributed by atoms with van der Waals surface area (Å²) in [5.74, 6) is 0. The quantitative estimate of drug-likeness (QED) is 0.173. The van der Waals surface area contributed by atoms with Gasteiger partial charge in [-0.05, 0) is 116 Å². The number of aromatic nitrogens is 1. The van der Waals surface area contributed by atoms with E-state index in [1.807, 2.05) is 6.07 Å². The highest BCUT2D eigenvalue weighted by molar-refractivity contribution is 6.12. The lowest BCUT2D eigenvalue weighted by Crippen LogP contribution is -2.26. The van der Waals surface area contributed by atoms with E-state index in [4.69, 9.17) is 4.42 Å². The van der Waals surface area contributed by atoms with Crippen LogP contribution in [0.3, 0.4) is 0 Å². The monoisotopic (exact) mass is 814 g/mol. The maximum Gasteiger partial charge on any atom is 0.159 e. The van der Waals surface area contributed by atoms with Crippen LogP contribution < -0.4 is 4.90 Å². The molecule has 14 rings (SSSR count). The van der Waals surface area contributed by atoms with Gasteiger partial charge in [-0.25, -0.2) is 0 Å². The Balaban J connectivity index is 0.975. The predicted octanol–water partition coefficient (Wildman–Crippen LogP) is 16.2. The molecule has 0 fully saturated rings. The van der Waals surface area contributed by atoms with E-state index in [2.05, 4.69) is 234 Å². The predicted molar refractivity (Wildman–Crippen MR) is 264 cm³/mol. The highest BCUT2D eigenvalue weighted by Gasteiger charge is 2.51. The van der Waals surface area contributed by atoms with Crippen molar-refractivity contribution in [1.82, 2.24) is 4.57 Å². The summed E-state index contributed by atoms with van der Waals surface area (Å²) in [6, 6.07) is 84.4. The smallest absolute Gasteiger partial charge is 0.159 e. The number of para-hydroxylation sites is 4. The Morgan fingerprint density at radius 1 is 0.359 bits per heavy atom. The molecule has 12 aromatic rings. The lowest BCUT2D eigenvalue weighted by atomic mass is 9.70. The van der Waals surface area contributed by atoms with Crippen molar-refractivity contribution in [2.24, 2.45) is 0 Å². The zero-order valence-corrected chi connectivity index (χ0v) is 34.7. The van der Waals surface area contributed by atoms with Crippen molar-refractivity contribution in [3.05, 3.63) is 253 Å². The molecule has 0 unspecified atom stereocenters. The molecule has 0 amide bonds. The summed E-state index contributed by atoms with van der Waals surface area (Å²) in [6.45, 7) is 0. The van der Waals surface area contributed by atoms with E-state index < -0.39 is 5.41 Å². The molecule has 1 spiro atoms. The zero-order chi connectivity index (χ0) is 41.9. The summed E-state index contributed by atoms with van der Waals surface area (Å²) < 4.78 is 9.19. The number of furan rings is 1. The number of hydrogen-bond donors (Lipinski definition) is 0. The van der Waals surface area contributed by atoms with E-state index in [9.17, 15) is 0 Å². The maximum atomic E-state index is 6.80. The van der Waals surface area contributed by atoms with Crippen LogP contribution in [0.15, 0.2) is 235 Å². The van der Waals surface area contributed by atoms with Crippen molar-refractivity contribution >= 4 is 60.8 Å². The van der Waals surface area contributed by atoms with E-state index in [0.717, 1.165) is 50.3 Å². The van der Waals surface area contributed by atoms with Crippen molar-refractivity contribution < 1.29 is 4.42 Å². The molecule has 3 nitrogen and oxygen atoms in total. The van der Waals surface area contributed by atoms with Crippen molar-refractivity contribution in [3.63, 3.8) is 0 Å². The number of fused-ring (bicyclic) bond motifs is 16. The lowest BCUT2D eigenvalue weighted by Gasteiger charge is -2.32. The van der Waals surface area contributed by atoms with Crippen molar-refractivity contribution in [2.75, 3.05) is 4.90 Å². The number of benzene rings is 10. The first kappa shape index (κ1) is 35.2. The second-order valence-electron chi connectivity index (χ2n) is 17.2. The number of hydrogen-bond acceptors (Lipinski definition) is 2. The third-order valence-electron chi connectivity index (χ3n) is 14.0. The van der Waals surface area contributed by atoms with E-state index in [1.54, 1.807) is 0 Å². The van der Waals surface area contributed by atoms with Gasteiger partial charge in [0.25, 0.3) is 0 Å². The van der Waals surface area contributed by atoms with E-state index in [-0.39, 0.29) is 0 Å². The topological polar surface area (TPSA) is 21.3 Å². The fourth-order valence-corrected chi connectivity index (χ4v) is 11.4. The van der Waals surface area contributed by atoms with E-state index in [0.29, 0.717) is 0 Å². The molecule has 0 saturated heterocycles. The second-order valence-corrected chi connectivity index (χ2v) is 17.2. The molecule has 0 bridgehead atoms. The molecule has 0 atom stereocenters. The molecule has 0 N–H and O–H groups in total. The molecule has 10 aromatic carbocycles. The fraction of sp³-hybridized carbons (Fsp3) is 0.0164. The summed E-state index contributed by atoms with van der Waals surface area (Å²) in [6.07, 6.45) is 0. The first-order valence-electron chi connectivity index (χ1n) is 22.1. The molecule has 64 heavy (non-hydrogen) atoms. The lowest BCUT2D eigenvalue weighted by molar-refractivity contribution is 0.669. The van der Waals surface area contributed by atoms with Gasteiger partial charge in [0.1, 0.15) is 5.58 Å². The molecule has 2 aliphatic carbocycles. The van der Waals surface area contributed by atoms with Crippen LogP contribution >= 0.6 is 0 Å². The minimum absolute atomic E-state index is 0.461. The van der Waals surface area contributed by atoms with Gasteiger partial charge in [-0.2, -0.15) is 0 Å². The third kappa shape index (κ3) is 4.76. The molecule has 2 aliphatic rings. The van der Waals surface area contributed by atoms with Crippen LogP contribution in [0.5, 0.6) is 0 Å². The Bertz CT molecular complexity index is 3790. The summed E-state index contributed by atoms with van der Waals surface area (Å²) in [5.41, 5.74) is 20.7. The van der Waals surface area contributed by atoms with Gasteiger partial charge in [-0.3, -0.25) is 0 Å². The molecular formula is C61H38N2O. The molecule has 3 heteroatoms. The SMILES string of the molecule is c1ccc(-n2c3ccccc3c3ccc(-c4ccc(N(c5ccc6c(c5)C5(c7ccccc7-c7ccccc75)c5ccccc5-6)c5cccc6c5oc5ccccc56)cc4)cc32)cc1. The maximum absolute atomic E-state index is 6.80. The Morgan fingerprint density at radius 2 is 0.922 bits per heavy atom. The van der Waals surface area contributed by atoms with E-state index in [1.165, 1.54) is 71.9 Å². The average molecular weight is 815 g/mol. The Morgan fingerprint density at radius 3 is 1.66 bits per heavy atom. The Hall–Kier alpha value is -8.40. The van der Waals surface area contributed by atoms with Crippen LogP contribution in [0.25, 0.3) is 82.8 Å². The van der Waals surface area contributed by atoms with Gasteiger partial charge < -0.3 is 13.9 Å². The van der Waals surface area contributed by atoms with Gasteiger partial charge in [-0.15, -0.1) is 0 Å². The van der Waals surface area contributed by atoms with Crippen LogP contribution in [-0.2, 0) is 5.41 Å². The minimum atomic E-state index is -0.461. The van der Waals surface area contributed by atoms with Crippen LogP contribution in [0.1, 0.15) is 22.3 Å². The fourth-order valence-electron chi connectivity index (χ4n) is 11.4. The molecule has 0 saturated carbocycles. The zero-order valence-electron chi connectivity index (χ0n) is 34.7. The summed E-state index contributed by atoms with van der Waals surface area (Å²) in [5, 5.41) is 4.71. The summed E-state index contributed by atoms with van der Waals surface area (Å²) in [4.78, 5) is 2.40. The average Bonchev–Trinajstić information content (AvgIpc) is 4.08. The van der Waals surface area contributed by atoms with Gasteiger partial charge in [0.05, 0.1) is 22.1 Å². The molecular weight excluding hydrogens is 777 g/mol. The van der Waals surface area contributed by atoms with Gasteiger partial charge in [0, 0.05) is 38.6 Å². The van der Waals surface area contributed by atoms with E-state index >= 15 is 0 Å². The van der Waals surface area contributed by atoms with Crippen LogP contribution in [0, 0.1) is 0 Å². The van der Waals surface area contributed by atoms with Gasteiger partial charge in [0.15, 0.2) is 5.58 Å². The second kappa shape index (κ2) is 13.3. The largest absolute Gasteiger partial charge is 0.454 e. The van der Waals surface area contributed by atoms with Gasteiger partial charge in [0.2, 0.25) is 0 Å². The van der Waals surface area contributed by atoms with Crippen molar-refractivity contribution in [1.29, 1.82) is 0 Å². The Kier molecular flexibility index (Phi) is 7.32. The minimum Gasteiger partial charge on any atom is -0.454 e. The first-order chi connectivity index (χ1) is 31.8. The Labute approximate surface area is 370 Å². The van der Waals surface area contributed by atoms with Gasteiger partial charge >= 0.3 is 0 Å². The van der Waals surface area contributed by atoms with Crippen LogP contribution in [0.4, 0.5) is 17.1 Å². The summed E-state index contributed by atoms with van der Waals surface area (Å²) in [7, 11) is 0. The molecule has 0 radical (unpaired) electrons. The molecule has 0 aliphatic heterocycles. The first-order valence-corrected chi connectivity index (χ1v) is 22.1. The number of anilines is 3. The standard InChI is InChI=1S/C61H38N2O/c1-2-15-41(16-3-1)63-56-26-12-7-20-48(56)49-35-31-40(37-58(49)63)39-29-32-42(33-30-39)62(57-27-14-22-51-50-21-8-13-28-59(50)64-60(51)57)43-34-36-47-46-19-6-11-25-54(46)61(55(47)38-43)52-23-9-4-17-44(52)45-18-5-10-24-53(45)61/h1-38H. The summed E-state index contributed by atoms with van der Waals surface area (Å²) >= 11 is 0. The highest BCUT2D eigenvalue weighted by atomic mass is 16.3. The highest BCUT2D eigenvalue weighted by Crippen LogP contribution is 2.63.